The lowest BCUT2D eigenvalue weighted by Gasteiger charge is -2.35. The third-order valence-electron chi connectivity index (χ3n) is 3.71. The summed E-state index contributed by atoms with van der Waals surface area (Å²) in [6.07, 6.45) is 3.90. The first kappa shape index (κ1) is 11.7. The van der Waals surface area contributed by atoms with Gasteiger partial charge in [0.25, 0.3) is 0 Å². The summed E-state index contributed by atoms with van der Waals surface area (Å²) in [5.74, 6) is 0. The zero-order valence-corrected chi connectivity index (χ0v) is 9.43. The van der Waals surface area contributed by atoms with Crippen molar-refractivity contribution in [2.75, 3.05) is 13.1 Å². The van der Waals surface area contributed by atoms with Crippen molar-refractivity contribution in [1.82, 2.24) is 10.2 Å². The Morgan fingerprint density at radius 1 is 1.25 bits per heavy atom. The fourth-order valence-corrected chi connectivity index (χ4v) is 2.90. The quantitative estimate of drug-likeness (QED) is 0.648. The third-order valence-corrected chi connectivity index (χ3v) is 3.71. The van der Waals surface area contributed by atoms with Crippen LogP contribution in [0.25, 0.3) is 0 Å². The molecule has 1 aliphatic carbocycles. The summed E-state index contributed by atoms with van der Waals surface area (Å²) in [5.41, 5.74) is 0. The minimum absolute atomic E-state index is 0.0339. The molecule has 1 heterocycles. The molecule has 1 saturated carbocycles. The second kappa shape index (κ2) is 5.01. The summed E-state index contributed by atoms with van der Waals surface area (Å²) >= 11 is 0. The fraction of sp³-hybridized carbons (Fsp3) is 0.909. The lowest BCUT2D eigenvalue weighted by atomic mass is 9.91. The number of carbonyl (C=O) groups is 1. The first-order chi connectivity index (χ1) is 7.66. The molecule has 92 valence electrons. The molecule has 1 saturated heterocycles. The molecule has 2 fully saturated rings. The van der Waals surface area contributed by atoms with Gasteiger partial charge in [-0.15, -0.1) is 0 Å². The zero-order valence-electron chi connectivity index (χ0n) is 9.43. The van der Waals surface area contributed by atoms with Gasteiger partial charge in [-0.1, -0.05) is 12.8 Å². The van der Waals surface area contributed by atoms with Gasteiger partial charge in [0.1, 0.15) is 0 Å². The van der Waals surface area contributed by atoms with Crippen molar-refractivity contribution in [2.45, 2.75) is 50.3 Å². The van der Waals surface area contributed by atoms with E-state index < -0.39 is 6.09 Å². The molecule has 1 aliphatic heterocycles. The molecule has 1 amide bonds. The Labute approximate surface area is 95.4 Å². The van der Waals surface area contributed by atoms with Gasteiger partial charge in [0.05, 0.1) is 6.10 Å². The molecule has 0 bridgehead atoms. The van der Waals surface area contributed by atoms with Crippen LogP contribution in [0, 0.1) is 0 Å². The maximum absolute atomic E-state index is 10.5. The smallest absolute Gasteiger partial charge is 0.404 e. The van der Waals surface area contributed by atoms with Gasteiger partial charge in [0.15, 0.2) is 0 Å². The summed E-state index contributed by atoms with van der Waals surface area (Å²) in [7, 11) is 0. The van der Waals surface area contributed by atoms with Crippen molar-refractivity contribution in [3.05, 3.63) is 0 Å². The maximum Gasteiger partial charge on any atom is 0.404 e. The Bertz CT molecular complexity index is 260. The van der Waals surface area contributed by atoms with Crippen LogP contribution in [0.5, 0.6) is 0 Å². The standard InChI is InChI=1S/C11H20N2O3/c14-10-4-2-1-3-9(10)13-6-5-8(7-13)12-11(15)16/h8-10,12,14H,1-7H2,(H,15,16)/t8-,9+,10+/m1/s1. The molecule has 0 unspecified atom stereocenters. The number of nitrogens with zero attached hydrogens (tertiary/aromatic N) is 1. The van der Waals surface area contributed by atoms with E-state index >= 15 is 0 Å². The molecular weight excluding hydrogens is 208 g/mol. The Morgan fingerprint density at radius 3 is 2.69 bits per heavy atom. The largest absolute Gasteiger partial charge is 0.465 e. The van der Waals surface area contributed by atoms with Gasteiger partial charge in [-0.2, -0.15) is 0 Å². The summed E-state index contributed by atoms with van der Waals surface area (Å²) in [6, 6.07) is 0.279. The van der Waals surface area contributed by atoms with Gasteiger partial charge in [-0.05, 0) is 19.3 Å². The molecule has 5 nitrogen and oxygen atoms in total. The number of aliphatic hydroxyl groups excluding tert-OH is 1. The van der Waals surface area contributed by atoms with Gasteiger partial charge in [-0.3, -0.25) is 4.90 Å². The zero-order chi connectivity index (χ0) is 11.5. The average Bonchev–Trinajstić information content (AvgIpc) is 2.66. The molecule has 0 aromatic rings. The highest BCUT2D eigenvalue weighted by Crippen LogP contribution is 2.26. The number of carboxylic acid groups (broad SMARTS) is 1. The molecule has 2 aliphatic rings. The van der Waals surface area contributed by atoms with Crippen LogP contribution in [0.4, 0.5) is 4.79 Å². The Morgan fingerprint density at radius 2 is 2.00 bits per heavy atom. The van der Waals surface area contributed by atoms with Crippen LogP contribution in [-0.2, 0) is 0 Å². The summed E-state index contributed by atoms with van der Waals surface area (Å²) in [5, 5.41) is 21.1. The Balaban J connectivity index is 1.85. The highest BCUT2D eigenvalue weighted by molar-refractivity contribution is 5.64. The molecule has 3 atom stereocenters. The number of hydrogen-bond donors (Lipinski definition) is 3. The van der Waals surface area contributed by atoms with E-state index in [4.69, 9.17) is 5.11 Å². The summed E-state index contributed by atoms with van der Waals surface area (Å²) < 4.78 is 0. The summed E-state index contributed by atoms with van der Waals surface area (Å²) in [4.78, 5) is 12.8. The first-order valence-corrected chi connectivity index (χ1v) is 6.08. The fourth-order valence-electron chi connectivity index (χ4n) is 2.90. The number of nitrogens with one attached hydrogen (secondary N) is 1. The van der Waals surface area contributed by atoms with Crippen LogP contribution in [0.2, 0.25) is 0 Å². The van der Waals surface area contributed by atoms with Crippen LogP contribution in [0.1, 0.15) is 32.1 Å². The Hall–Kier alpha value is -0.810. The highest BCUT2D eigenvalue weighted by atomic mass is 16.4. The third kappa shape index (κ3) is 2.65. The highest BCUT2D eigenvalue weighted by Gasteiger charge is 2.33. The summed E-state index contributed by atoms with van der Waals surface area (Å²) in [6.45, 7) is 1.64. The van der Waals surface area contributed by atoms with Gasteiger partial charge < -0.3 is 15.5 Å². The number of likely N-dealkylation sites (tertiary alicyclic amines) is 1. The molecule has 2 rings (SSSR count). The van der Waals surface area contributed by atoms with Crippen molar-refractivity contribution in [3.8, 4) is 0 Å². The van der Waals surface area contributed by atoms with Crippen molar-refractivity contribution in [3.63, 3.8) is 0 Å². The monoisotopic (exact) mass is 228 g/mol. The second-order valence-corrected chi connectivity index (χ2v) is 4.85. The van der Waals surface area contributed by atoms with E-state index in [1.807, 2.05) is 0 Å². The van der Waals surface area contributed by atoms with Gasteiger partial charge in [-0.25, -0.2) is 4.79 Å². The minimum Gasteiger partial charge on any atom is -0.465 e. The van der Waals surface area contributed by atoms with Crippen molar-refractivity contribution in [1.29, 1.82) is 0 Å². The molecule has 0 radical (unpaired) electrons. The predicted molar refractivity (Wildman–Crippen MR) is 59.4 cm³/mol. The molecule has 5 heteroatoms. The Kier molecular flexibility index (Phi) is 3.66. The van der Waals surface area contributed by atoms with E-state index in [-0.39, 0.29) is 18.2 Å². The predicted octanol–water partition coefficient (Wildman–Crippen LogP) is 0.632. The lowest BCUT2D eigenvalue weighted by molar-refractivity contribution is 0.0302. The number of hydrogen-bond acceptors (Lipinski definition) is 3. The van der Waals surface area contributed by atoms with Gasteiger partial charge in [0.2, 0.25) is 0 Å². The van der Waals surface area contributed by atoms with Crippen LogP contribution >= 0.6 is 0 Å². The minimum atomic E-state index is -0.948. The second-order valence-electron chi connectivity index (χ2n) is 4.85. The molecule has 0 aromatic carbocycles. The van der Waals surface area contributed by atoms with Crippen LogP contribution in [-0.4, -0.2) is 52.5 Å². The lowest BCUT2D eigenvalue weighted by Crippen LogP contribution is -2.46. The van der Waals surface area contributed by atoms with Gasteiger partial charge >= 0.3 is 6.09 Å². The molecule has 16 heavy (non-hydrogen) atoms. The molecule has 3 N–H and O–H groups in total. The average molecular weight is 228 g/mol. The molecule has 0 aromatic heterocycles. The van der Waals surface area contributed by atoms with Crippen molar-refractivity contribution < 1.29 is 15.0 Å². The van der Waals surface area contributed by atoms with E-state index in [0.717, 1.165) is 38.8 Å². The van der Waals surface area contributed by atoms with Gasteiger partial charge in [0, 0.05) is 25.2 Å². The number of aliphatic hydroxyl groups is 1. The van der Waals surface area contributed by atoms with E-state index in [1.54, 1.807) is 0 Å². The van der Waals surface area contributed by atoms with Crippen molar-refractivity contribution in [2.24, 2.45) is 0 Å². The molecule has 0 spiro atoms. The molecular formula is C11H20N2O3. The van der Waals surface area contributed by atoms with Crippen molar-refractivity contribution >= 4 is 6.09 Å². The van der Waals surface area contributed by atoms with Crippen LogP contribution in [0.15, 0.2) is 0 Å². The van der Waals surface area contributed by atoms with E-state index in [1.165, 1.54) is 6.42 Å². The van der Waals surface area contributed by atoms with E-state index in [9.17, 15) is 9.90 Å². The SMILES string of the molecule is O=C(O)N[C@@H]1CCN([C@H]2CCCC[C@@H]2O)C1. The first-order valence-electron chi connectivity index (χ1n) is 6.08. The normalized spacial score (nSPS) is 36.2. The van der Waals surface area contributed by atoms with Crippen LogP contribution < -0.4 is 5.32 Å². The van der Waals surface area contributed by atoms with E-state index in [0.29, 0.717) is 0 Å². The van der Waals surface area contributed by atoms with E-state index in [2.05, 4.69) is 10.2 Å². The number of rotatable bonds is 2. The van der Waals surface area contributed by atoms with Crippen LogP contribution in [0.3, 0.4) is 0 Å². The maximum atomic E-state index is 10.5. The number of amides is 1. The topological polar surface area (TPSA) is 72.8 Å².